The Bertz CT molecular complexity index is 691. The van der Waals surface area contributed by atoms with E-state index in [9.17, 15) is 23.2 Å². The van der Waals surface area contributed by atoms with Crippen molar-refractivity contribution >= 4 is 17.8 Å². The maximum atomic E-state index is 14.1. The fourth-order valence-corrected chi connectivity index (χ4v) is 3.47. The highest BCUT2D eigenvalue weighted by Crippen LogP contribution is 2.26. The number of benzene rings is 1. The van der Waals surface area contributed by atoms with Crippen LogP contribution in [0.1, 0.15) is 50.6 Å². The number of piperidine rings is 1. The molecule has 2 atom stereocenters. The lowest BCUT2D eigenvalue weighted by Crippen LogP contribution is -2.42. The molecule has 148 valence electrons. The summed E-state index contributed by atoms with van der Waals surface area (Å²) in [4.78, 5) is 36.5. The van der Waals surface area contributed by atoms with Crippen molar-refractivity contribution in [1.82, 2.24) is 10.2 Å². The number of hydrogen-bond acceptors (Lipinski definition) is 3. The Morgan fingerprint density at radius 2 is 1.96 bits per heavy atom. The lowest BCUT2D eigenvalue weighted by Gasteiger charge is -2.33. The second-order valence-electron chi connectivity index (χ2n) is 6.87. The average Bonchev–Trinajstić information content (AvgIpc) is 2.59. The molecule has 1 aromatic rings. The summed E-state index contributed by atoms with van der Waals surface area (Å²) in [7, 11) is 0. The van der Waals surface area contributed by atoms with Gasteiger partial charge < -0.3 is 15.3 Å². The predicted octanol–water partition coefficient (Wildman–Crippen LogP) is 2.64. The number of carboxylic acids is 1. The van der Waals surface area contributed by atoms with Gasteiger partial charge in [-0.15, -0.1) is 0 Å². The molecule has 1 fully saturated rings. The molecule has 27 heavy (non-hydrogen) atoms. The Morgan fingerprint density at radius 3 is 2.56 bits per heavy atom. The minimum absolute atomic E-state index is 0.0433. The van der Waals surface area contributed by atoms with E-state index in [1.165, 1.54) is 13.0 Å². The zero-order valence-corrected chi connectivity index (χ0v) is 15.2. The highest BCUT2D eigenvalue weighted by atomic mass is 19.1. The molecule has 2 N–H and O–H groups in total. The van der Waals surface area contributed by atoms with E-state index in [-0.39, 0.29) is 30.2 Å². The van der Waals surface area contributed by atoms with Gasteiger partial charge in [0.1, 0.15) is 11.6 Å². The van der Waals surface area contributed by atoms with Crippen molar-refractivity contribution in [2.75, 3.05) is 13.1 Å². The number of nitrogens with one attached hydrogen (secondary N) is 1. The first-order chi connectivity index (χ1) is 12.8. The monoisotopic (exact) mass is 382 g/mol. The van der Waals surface area contributed by atoms with Crippen LogP contribution in [0.25, 0.3) is 0 Å². The first-order valence-electron chi connectivity index (χ1n) is 8.98. The number of carbonyl (C=O) groups is 3. The lowest BCUT2D eigenvalue weighted by atomic mass is 9.92. The quantitative estimate of drug-likeness (QED) is 0.759. The zero-order chi connectivity index (χ0) is 20.0. The third-order valence-corrected chi connectivity index (χ3v) is 4.74. The fraction of sp³-hybridized carbons (Fsp3) is 0.526. The van der Waals surface area contributed by atoms with E-state index < -0.39 is 29.6 Å². The van der Waals surface area contributed by atoms with Gasteiger partial charge in [-0.3, -0.25) is 14.4 Å². The third kappa shape index (κ3) is 6.01. The van der Waals surface area contributed by atoms with Gasteiger partial charge in [-0.1, -0.05) is 6.07 Å². The Morgan fingerprint density at radius 1 is 1.30 bits per heavy atom. The summed E-state index contributed by atoms with van der Waals surface area (Å²) in [6.07, 6.45) is 1.85. The van der Waals surface area contributed by atoms with Crippen LogP contribution in [0.2, 0.25) is 0 Å². The number of halogens is 2. The molecule has 0 bridgehead atoms. The van der Waals surface area contributed by atoms with Gasteiger partial charge in [-0.25, -0.2) is 8.78 Å². The minimum Gasteiger partial charge on any atom is -0.481 e. The maximum absolute atomic E-state index is 14.1. The second kappa shape index (κ2) is 9.43. The molecule has 0 saturated carbocycles. The van der Waals surface area contributed by atoms with Gasteiger partial charge in [-0.05, 0) is 37.3 Å². The van der Waals surface area contributed by atoms with E-state index in [1.807, 2.05) is 0 Å². The van der Waals surface area contributed by atoms with Crippen LogP contribution in [0.4, 0.5) is 8.78 Å². The van der Waals surface area contributed by atoms with E-state index >= 15 is 0 Å². The Hall–Kier alpha value is -2.51. The number of nitrogens with zero attached hydrogens (tertiary/aromatic N) is 1. The van der Waals surface area contributed by atoms with Crippen molar-refractivity contribution in [2.24, 2.45) is 5.92 Å². The average molecular weight is 382 g/mol. The summed E-state index contributed by atoms with van der Waals surface area (Å²) in [5, 5.41) is 11.3. The molecule has 0 radical (unpaired) electrons. The molecular formula is C19H24F2N2O4. The highest BCUT2D eigenvalue weighted by Gasteiger charge is 2.29. The number of amides is 2. The van der Waals surface area contributed by atoms with Gasteiger partial charge in [0.15, 0.2) is 0 Å². The van der Waals surface area contributed by atoms with E-state index in [2.05, 4.69) is 5.32 Å². The van der Waals surface area contributed by atoms with Crippen molar-refractivity contribution < 1.29 is 28.3 Å². The summed E-state index contributed by atoms with van der Waals surface area (Å²) in [5.74, 6) is -3.24. The number of rotatable bonds is 7. The molecule has 0 unspecified atom stereocenters. The normalized spacial score (nSPS) is 18.0. The molecule has 2 amide bonds. The van der Waals surface area contributed by atoms with Crippen molar-refractivity contribution in [2.45, 2.75) is 45.1 Å². The number of carbonyl (C=O) groups excluding carboxylic acids is 2. The van der Waals surface area contributed by atoms with Crippen LogP contribution < -0.4 is 5.32 Å². The van der Waals surface area contributed by atoms with Gasteiger partial charge in [0.2, 0.25) is 11.8 Å². The molecule has 1 heterocycles. The van der Waals surface area contributed by atoms with E-state index in [4.69, 9.17) is 5.11 Å². The Balaban J connectivity index is 2.09. The minimum atomic E-state index is -1.10. The van der Waals surface area contributed by atoms with Crippen LogP contribution in [0.3, 0.4) is 0 Å². The molecule has 0 aliphatic carbocycles. The molecule has 8 heteroatoms. The topological polar surface area (TPSA) is 86.7 Å². The van der Waals surface area contributed by atoms with E-state index in [0.717, 1.165) is 25.0 Å². The molecule has 0 spiro atoms. The molecule has 6 nitrogen and oxygen atoms in total. The van der Waals surface area contributed by atoms with E-state index in [1.54, 1.807) is 4.90 Å². The largest absolute Gasteiger partial charge is 0.481 e. The first kappa shape index (κ1) is 20.8. The van der Waals surface area contributed by atoms with Crippen LogP contribution in [0, 0.1) is 17.6 Å². The van der Waals surface area contributed by atoms with Crippen molar-refractivity contribution in [3.05, 3.63) is 35.4 Å². The summed E-state index contributed by atoms with van der Waals surface area (Å²) in [6.45, 7) is 2.15. The molecule has 2 rings (SSSR count). The van der Waals surface area contributed by atoms with E-state index in [0.29, 0.717) is 19.5 Å². The molecule has 1 aliphatic rings. The molecular weight excluding hydrogens is 358 g/mol. The Labute approximate surface area is 156 Å². The highest BCUT2D eigenvalue weighted by molar-refractivity contribution is 5.79. The first-order valence-corrected chi connectivity index (χ1v) is 8.98. The van der Waals surface area contributed by atoms with Crippen LogP contribution in [0.5, 0.6) is 0 Å². The smallest absolute Gasteiger partial charge is 0.303 e. The molecule has 1 aromatic carbocycles. The zero-order valence-electron chi connectivity index (χ0n) is 15.2. The van der Waals surface area contributed by atoms with Gasteiger partial charge >= 0.3 is 5.97 Å². The van der Waals surface area contributed by atoms with Crippen LogP contribution in [0.15, 0.2) is 18.2 Å². The molecule has 1 saturated heterocycles. The van der Waals surface area contributed by atoms with Crippen LogP contribution in [-0.4, -0.2) is 40.9 Å². The van der Waals surface area contributed by atoms with Crippen molar-refractivity contribution in [3.8, 4) is 0 Å². The van der Waals surface area contributed by atoms with Crippen LogP contribution in [-0.2, 0) is 14.4 Å². The Kier molecular flexibility index (Phi) is 7.27. The van der Waals surface area contributed by atoms with Gasteiger partial charge in [-0.2, -0.15) is 0 Å². The lowest BCUT2D eigenvalue weighted by molar-refractivity contribution is -0.137. The number of carboxylic acid groups (broad SMARTS) is 1. The summed E-state index contributed by atoms with van der Waals surface area (Å²) < 4.78 is 28.2. The van der Waals surface area contributed by atoms with Gasteiger partial charge in [0.05, 0.1) is 12.5 Å². The SMILES string of the molecule is CC(=O)N[C@@H](CC(=O)N1CCC[C@H](CCC(=O)O)C1)c1c(F)cccc1F. The summed E-state index contributed by atoms with van der Waals surface area (Å²) in [5.41, 5.74) is -0.333. The molecule has 0 aromatic heterocycles. The fourth-order valence-electron chi connectivity index (χ4n) is 3.47. The second-order valence-corrected chi connectivity index (χ2v) is 6.87. The van der Waals surface area contributed by atoms with Gasteiger partial charge in [0, 0.05) is 32.0 Å². The third-order valence-electron chi connectivity index (χ3n) is 4.74. The molecule has 1 aliphatic heterocycles. The number of aliphatic carboxylic acids is 1. The van der Waals surface area contributed by atoms with Crippen molar-refractivity contribution in [1.29, 1.82) is 0 Å². The summed E-state index contributed by atoms with van der Waals surface area (Å²) in [6, 6.07) is 2.29. The summed E-state index contributed by atoms with van der Waals surface area (Å²) >= 11 is 0. The van der Waals surface area contributed by atoms with Gasteiger partial charge in [0.25, 0.3) is 0 Å². The maximum Gasteiger partial charge on any atom is 0.303 e. The standard InChI is InChI=1S/C19H24F2N2O4/c1-12(24)22-16(19-14(20)5-2-6-15(19)21)10-17(25)23-9-3-4-13(11-23)7-8-18(26)27/h2,5-6,13,16H,3-4,7-11H2,1H3,(H,22,24)(H,26,27)/t13-,16+/m1/s1. The van der Waals surface area contributed by atoms with Crippen molar-refractivity contribution in [3.63, 3.8) is 0 Å². The number of likely N-dealkylation sites (tertiary alicyclic amines) is 1. The number of hydrogen-bond donors (Lipinski definition) is 2. The van der Waals surface area contributed by atoms with Crippen LogP contribution >= 0.6 is 0 Å². The predicted molar refractivity (Wildman–Crippen MR) is 93.7 cm³/mol.